The SMILES string of the molecule is COc1ccc(Nc2ncc(F)c(NC3CCN(CCO)CC3)n2)cc1Cl. The van der Waals surface area contributed by atoms with Crippen LogP contribution in [0.3, 0.4) is 0 Å². The lowest BCUT2D eigenvalue weighted by Gasteiger charge is -2.32. The number of likely N-dealkylation sites (tertiary alicyclic amines) is 1. The van der Waals surface area contributed by atoms with Crippen LogP contribution in [-0.4, -0.2) is 59.4 Å². The minimum atomic E-state index is -0.494. The van der Waals surface area contributed by atoms with Crippen LogP contribution < -0.4 is 15.4 Å². The van der Waals surface area contributed by atoms with Gasteiger partial charge in [-0.05, 0) is 31.0 Å². The van der Waals surface area contributed by atoms with E-state index in [1.807, 2.05) is 0 Å². The molecule has 1 fully saturated rings. The first kappa shape index (κ1) is 19.6. The maximum Gasteiger partial charge on any atom is 0.229 e. The standard InChI is InChI=1S/C18H23ClFN5O2/c1-27-16-3-2-13(10-14(16)19)23-18-21-11-15(20)17(24-18)22-12-4-6-25(7-5-12)8-9-26/h2-3,10-12,26H,4-9H2,1H3,(H2,21,22,23,24). The number of hydrogen-bond acceptors (Lipinski definition) is 7. The van der Waals surface area contributed by atoms with Gasteiger partial charge in [0.15, 0.2) is 11.6 Å². The quantitative estimate of drug-likeness (QED) is 0.664. The zero-order chi connectivity index (χ0) is 19.2. The third-order valence-electron chi connectivity index (χ3n) is 4.50. The molecule has 1 aromatic carbocycles. The second kappa shape index (κ2) is 9.16. The number of β-amino-alcohol motifs (C(OH)–C–C–N with tert-alkyl or cyclic N) is 1. The Morgan fingerprint density at radius 2 is 2.15 bits per heavy atom. The summed E-state index contributed by atoms with van der Waals surface area (Å²) in [7, 11) is 1.55. The average Bonchev–Trinajstić information content (AvgIpc) is 2.66. The van der Waals surface area contributed by atoms with Crippen molar-refractivity contribution >= 4 is 29.1 Å². The van der Waals surface area contributed by atoms with Gasteiger partial charge in [-0.25, -0.2) is 9.37 Å². The predicted molar refractivity (Wildman–Crippen MR) is 103 cm³/mol. The van der Waals surface area contributed by atoms with Crippen molar-refractivity contribution in [1.82, 2.24) is 14.9 Å². The molecule has 1 aliphatic heterocycles. The van der Waals surface area contributed by atoms with Crippen LogP contribution in [0.25, 0.3) is 0 Å². The number of aromatic nitrogens is 2. The second-order valence-electron chi connectivity index (χ2n) is 6.35. The van der Waals surface area contributed by atoms with Gasteiger partial charge >= 0.3 is 0 Å². The molecule has 2 aromatic rings. The number of methoxy groups -OCH3 is 1. The first-order valence-corrected chi connectivity index (χ1v) is 9.19. The number of rotatable bonds is 7. The minimum absolute atomic E-state index is 0.132. The molecule has 27 heavy (non-hydrogen) atoms. The number of halogens is 2. The molecule has 0 amide bonds. The number of piperidine rings is 1. The van der Waals surface area contributed by atoms with Crippen molar-refractivity contribution in [3.05, 3.63) is 35.2 Å². The van der Waals surface area contributed by atoms with Gasteiger partial charge in [0.25, 0.3) is 0 Å². The van der Waals surface area contributed by atoms with Crippen molar-refractivity contribution in [3.63, 3.8) is 0 Å². The summed E-state index contributed by atoms with van der Waals surface area (Å²) in [6, 6.07) is 5.33. The fourth-order valence-corrected chi connectivity index (χ4v) is 3.30. The third kappa shape index (κ3) is 5.18. The van der Waals surface area contributed by atoms with Crippen LogP contribution in [0.15, 0.2) is 24.4 Å². The largest absolute Gasteiger partial charge is 0.495 e. The average molecular weight is 396 g/mol. The van der Waals surface area contributed by atoms with Crippen LogP contribution in [0.5, 0.6) is 5.75 Å². The van der Waals surface area contributed by atoms with Gasteiger partial charge in [0.1, 0.15) is 5.75 Å². The van der Waals surface area contributed by atoms with E-state index in [0.717, 1.165) is 32.1 Å². The lowest BCUT2D eigenvalue weighted by Crippen LogP contribution is -2.40. The van der Waals surface area contributed by atoms with Gasteiger partial charge in [-0.3, -0.25) is 0 Å². The molecule has 0 bridgehead atoms. The molecule has 0 aliphatic carbocycles. The second-order valence-corrected chi connectivity index (χ2v) is 6.76. The highest BCUT2D eigenvalue weighted by Gasteiger charge is 2.20. The van der Waals surface area contributed by atoms with Crippen molar-refractivity contribution < 1.29 is 14.2 Å². The van der Waals surface area contributed by atoms with Crippen molar-refractivity contribution in [2.75, 3.05) is 44.0 Å². The van der Waals surface area contributed by atoms with Crippen molar-refractivity contribution in [2.24, 2.45) is 0 Å². The Morgan fingerprint density at radius 3 is 2.81 bits per heavy atom. The number of nitrogens with one attached hydrogen (secondary N) is 2. The Labute approximate surface area is 162 Å². The van der Waals surface area contributed by atoms with Crippen molar-refractivity contribution in [3.8, 4) is 5.75 Å². The molecule has 1 saturated heterocycles. The lowest BCUT2D eigenvalue weighted by atomic mass is 10.1. The molecule has 1 aliphatic rings. The summed E-state index contributed by atoms with van der Waals surface area (Å²) in [6.07, 6.45) is 2.87. The van der Waals surface area contributed by atoms with Gasteiger partial charge in [-0.1, -0.05) is 11.6 Å². The van der Waals surface area contributed by atoms with Gasteiger partial charge < -0.3 is 25.4 Å². The first-order chi connectivity index (χ1) is 13.1. The number of anilines is 3. The summed E-state index contributed by atoms with van der Waals surface area (Å²) in [4.78, 5) is 10.4. The number of hydrogen-bond donors (Lipinski definition) is 3. The number of aliphatic hydroxyl groups is 1. The summed E-state index contributed by atoms with van der Waals surface area (Å²) >= 11 is 6.12. The van der Waals surface area contributed by atoms with Crippen LogP contribution >= 0.6 is 11.6 Å². The van der Waals surface area contributed by atoms with E-state index in [4.69, 9.17) is 21.4 Å². The fourth-order valence-electron chi connectivity index (χ4n) is 3.04. The Balaban J connectivity index is 1.65. The number of benzene rings is 1. The van der Waals surface area contributed by atoms with Crippen LogP contribution in [0.2, 0.25) is 5.02 Å². The van der Waals surface area contributed by atoms with E-state index in [2.05, 4.69) is 25.5 Å². The molecule has 2 heterocycles. The highest BCUT2D eigenvalue weighted by molar-refractivity contribution is 6.32. The molecule has 3 rings (SSSR count). The number of nitrogens with zero attached hydrogens (tertiary/aromatic N) is 3. The van der Waals surface area contributed by atoms with E-state index in [1.54, 1.807) is 25.3 Å². The first-order valence-electron chi connectivity index (χ1n) is 8.82. The summed E-state index contributed by atoms with van der Waals surface area (Å²) in [5, 5.41) is 15.7. The Kier molecular flexibility index (Phi) is 6.65. The molecule has 0 radical (unpaired) electrons. The molecular formula is C18H23ClFN5O2. The summed E-state index contributed by atoms with van der Waals surface area (Å²) in [5.74, 6) is 0.522. The summed E-state index contributed by atoms with van der Waals surface area (Å²) in [5.41, 5.74) is 0.677. The monoisotopic (exact) mass is 395 g/mol. The molecule has 9 heteroatoms. The van der Waals surface area contributed by atoms with E-state index in [9.17, 15) is 4.39 Å². The van der Waals surface area contributed by atoms with Gasteiger partial charge in [0.05, 0.1) is 24.9 Å². The fraction of sp³-hybridized carbons (Fsp3) is 0.444. The van der Waals surface area contributed by atoms with E-state index in [-0.39, 0.29) is 24.4 Å². The zero-order valence-corrected chi connectivity index (χ0v) is 15.8. The molecule has 1 aromatic heterocycles. The maximum absolute atomic E-state index is 14.1. The van der Waals surface area contributed by atoms with E-state index >= 15 is 0 Å². The van der Waals surface area contributed by atoms with Crippen LogP contribution in [-0.2, 0) is 0 Å². The lowest BCUT2D eigenvalue weighted by molar-refractivity contribution is 0.168. The minimum Gasteiger partial charge on any atom is -0.495 e. The molecule has 0 spiro atoms. The van der Waals surface area contributed by atoms with Crippen LogP contribution in [0, 0.1) is 5.82 Å². The summed E-state index contributed by atoms with van der Waals surface area (Å²) < 4.78 is 19.3. The Bertz CT molecular complexity index is 771. The third-order valence-corrected chi connectivity index (χ3v) is 4.79. The molecule has 0 saturated carbocycles. The van der Waals surface area contributed by atoms with E-state index < -0.39 is 5.82 Å². The molecule has 0 atom stereocenters. The highest BCUT2D eigenvalue weighted by atomic mass is 35.5. The van der Waals surface area contributed by atoms with Crippen molar-refractivity contribution in [1.29, 1.82) is 0 Å². The van der Waals surface area contributed by atoms with Gasteiger partial charge in [0.2, 0.25) is 5.95 Å². The van der Waals surface area contributed by atoms with Crippen molar-refractivity contribution in [2.45, 2.75) is 18.9 Å². The molecule has 0 unspecified atom stereocenters. The van der Waals surface area contributed by atoms with Crippen LogP contribution in [0.1, 0.15) is 12.8 Å². The molecule has 7 nitrogen and oxygen atoms in total. The topological polar surface area (TPSA) is 82.5 Å². The van der Waals surface area contributed by atoms with E-state index in [1.165, 1.54) is 0 Å². The maximum atomic E-state index is 14.1. The molecular weight excluding hydrogens is 373 g/mol. The predicted octanol–water partition coefficient (Wildman–Crippen LogP) is 2.89. The zero-order valence-electron chi connectivity index (χ0n) is 15.1. The van der Waals surface area contributed by atoms with Gasteiger partial charge in [-0.15, -0.1) is 0 Å². The van der Waals surface area contributed by atoms with Crippen LogP contribution in [0.4, 0.5) is 21.8 Å². The Hall–Kier alpha value is -2.16. The van der Waals surface area contributed by atoms with Gasteiger partial charge in [-0.2, -0.15) is 4.98 Å². The van der Waals surface area contributed by atoms with Gasteiger partial charge in [0, 0.05) is 31.4 Å². The normalized spacial score (nSPS) is 15.6. The molecule has 3 N–H and O–H groups in total. The highest BCUT2D eigenvalue weighted by Crippen LogP contribution is 2.28. The van der Waals surface area contributed by atoms with E-state index in [0.29, 0.717) is 23.0 Å². The Morgan fingerprint density at radius 1 is 1.37 bits per heavy atom. The number of aliphatic hydroxyl groups excluding tert-OH is 1. The number of ether oxygens (including phenoxy) is 1. The molecule has 146 valence electrons. The summed E-state index contributed by atoms with van der Waals surface area (Å²) in [6.45, 7) is 2.55. The smallest absolute Gasteiger partial charge is 0.229 e.